The fourth-order valence-corrected chi connectivity index (χ4v) is 5.39. The number of aryl methyl sites for hydroxylation is 2. The maximum atomic E-state index is 9.80. The molecule has 6 heterocycles. The van der Waals surface area contributed by atoms with Gasteiger partial charge >= 0.3 is 0 Å². The molecular formula is C27H33N11OS. The van der Waals surface area contributed by atoms with Gasteiger partial charge in [0.2, 0.25) is 6.41 Å². The highest BCUT2D eigenvalue weighted by atomic mass is 32.1. The van der Waals surface area contributed by atoms with E-state index >= 15 is 0 Å². The Kier molecular flexibility index (Phi) is 8.71. The van der Waals surface area contributed by atoms with Gasteiger partial charge in [0.25, 0.3) is 0 Å². The van der Waals surface area contributed by atoms with E-state index in [-0.39, 0.29) is 0 Å². The summed E-state index contributed by atoms with van der Waals surface area (Å²) in [7, 11) is 0. The summed E-state index contributed by atoms with van der Waals surface area (Å²) in [6.45, 7) is 10.5. The van der Waals surface area contributed by atoms with Crippen LogP contribution in [0.25, 0.3) is 16.9 Å². The predicted molar refractivity (Wildman–Crippen MR) is 155 cm³/mol. The van der Waals surface area contributed by atoms with Gasteiger partial charge in [-0.2, -0.15) is 9.47 Å². The van der Waals surface area contributed by atoms with Gasteiger partial charge in [-0.3, -0.25) is 23.8 Å². The Morgan fingerprint density at radius 2 is 2.08 bits per heavy atom. The first kappa shape index (κ1) is 27.3. The normalized spacial score (nSPS) is 15.4. The number of likely N-dealkylation sites (tertiary alicyclic amines) is 1. The fourth-order valence-electron chi connectivity index (χ4n) is 4.73. The molecule has 2 N–H and O–H groups in total. The molecule has 13 heteroatoms. The van der Waals surface area contributed by atoms with Crippen LogP contribution in [0.1, 0.15) is 38.1 Å². The van der Waals surface area contributed by atoms with Crippen molar-refractivity contribution in [3.05, 3.63) is 60.8 Å². The number of aromatic nitrogens is 8. The third kappa shape index (κ3) is 6.66. The molecule has 12 nitrogen and oxygen atoms in total. The lowest BCUT2D eigenvalue weighted by atomic mass is 10.0. The Labute approximate surface area is 236 Å². The van der Waals surface area contributed by atoms with Crippen molar-refractivity contribution in [3.8, 4) is 11.3 Å². The van der Waals surface area contributed by atoms with Gasteiger partial charge in [0, 0.05) is 50.0 Å². The Balaban J connectivity index is 0.000000306. The van der Waals surface area contributed by atoms with E-state index in [1.807, 2.05) is 36.4 Å². The van der Waals surface area contributed by atoms with Crippen LogP contribution >= 0.6 is 11.5 Å². The molecule has 0 bridgehead atoms. The second kappa shape index (κ2) is 12.7. The molecule has 5 aromatic heterocycles. The number of imidazole rings is 1. The van der Waals surface area contributed by atoms with Crippen LogP contribution in [0, 0.1) is 12.8 Å². The first-order valence-corrected chi connectivity index (χ1v) is 14.1. The standard InChI is InChI=1S/C22H28N8S.C5H5N3O/c1-4-29-13-17(9-24-29)19-10-23-22-21(25-16(3)12-30(19)22)26-20-8-18(27-31-20)14-28-7-5-6-15(2)11-28;9-4-8-5-3-6-1-2-7-5/h8-10,12-13,15H,4-7,11,14H2,1-3H3,(H,25,26);1-4H,(H,7,8,9). The molecule has 1 aliphatic rings. The molecule has 1 fully saturated rings. The van der Waals surface area contributed by atoms with Crippen molar-refractivity contribution >= 4 is 40.2 Å². The molecule has 1 aliphatic heterocycles. The number of hydrogen-bond donors (Lipinski definition) is 2. The lowest BCUT2D eigenvalue weighted by Crippen LogP contribution is -2.33. The minimum Gasteiger partial charge on any atom is -0.328 e. The van der Waals surface area contributed by atoms with Crippen LogP contribution in [-0.2, 0) is 17.9 Å². The van der Waals surface area contributed by atoms with Crippen molar-refractivity contribution in [3.63, 3.8) is 0 Å². The van der Waals surface area contributed by atoms with Gasteiger partial charge in [0.1, 0.15) is 5.00 Å². The molecule has 1 atom stereocenters. The number of carbonyl (C=O) groups is 1. The van der Waals surface area contributed by atoms with Crippen molar-refractivity contribution < 1.29 is 4.79 Å². The molecule has 208 valence electrons. The Morgan fingerprint density at radius 1 is 1.18 bits per heavy atom. The van der Waals surface area contributed by atoms with E-state index < -0.39 is 0 Å². The van der Waals surface area contributed by atoms with Crippen LogP contribution in [0.5, 0.6) is 0 Å². The summed E-state index contributed by atoms with van der Waals surface area (Å²) in [6, 6.07) is 2.14. The lowest BCUT2D eigenvalue weighted by molar-refractivity contribution is -0.105. The lowest BCUT2D eigenvalue weighted by Gasteiger charge is -2.30. The number of rotatable bonds is 8. The Morgan fingerprint density at radius 3 is 2.83 bits per heavy atom. The van der Waals surface area contributed by atoms with Crippen molar-refractivity contribution in [1.29, 1.82) is 0 Å². The van der Waals surface area contributed by atoms with Gasteiger partial charge in [-0.25, -0.2) is 15.0 Å². The molecule has 0 saturated carbocycles. The number of nitrogens with zero attached hydrogens (tertiary/aromatic N) is 9. The van der Waals surface area contributed by atoms with Gasteiger partial charge in [-0.1, -0.05) is 6.92 Å². The van der Waals surface area contributed by atoms with E-state index in [4.69, 9.17) is 4.98 Å². The molecule has 1 unspecified atom stereocenters. The zero-order chi connectivity index (χ0) is 27.9. The number of amides is 1. The van der Waals surface area contributed by atoms with Gasteiger partial charge in [0.15, 0.2) is 17.3 Å². The van der Waals surface area contributed by atoms with Crippen LogP contribution in [0.2, 0.25) is 0 Å². The smallest absolute Gasteiger partial charge is 0.212 e. The van der Waals surface area contributed by atoms with Gasteiger partial charge < -0.3 is 10.6 Å². The Hall–Kier alpha value is -4.23. The van der Waals surface area contributed by atoms with E-state index in [2.05, 4.69) is 64.3 Å². The Bertz CT molecular complexity index is 1540. The van der Waals surface area contributed by atoms with Gasteiger partial charge in [0.05, 0.1) is 35.7 Å². The second-order valence-electron chi connectivity index (χ2n) is 9.80. The third-order valence-corrected chi connectivity index (χ3v) is 7.31. The largest absolute Gasteiger partial charge is 0.328 e. The van der Waals surface area contributed by atoms with E-state index in [0.29, 0.717) is 12.2 Å². The second-order valence-corrected chi connectivity index (χ2v) is 10.6. The number of carbonyl (C=O) groups excluding carboxylic acids is 1. The number of fused-ring (bicyclic) bond motifs is 1. The first-order valence-electron chi connectivity index (χ1n) is 13.3. The predicted octanol–water partition coefficient (Wildman–Crippen LogP) is 4.40. The molecule has 0 spiro atoms. The van der Waals surface area contributed by atoms with Gasteiger partial charge in [-0.05, 0) is 56.8 Å². The monoisotopic (exact) mass is 559 g/mol. The summed E-state index contributed by atoms with van der Waals surface area (Å²) >= 11 is 1.48. The van der Waals surface area contributed by atoms with Crippen molar-refractivity contribution in [2.75, 3.05) is 23.7 Å². The summed E-state index contributed by atoms with van der Waals surface area (Å²) < 4.78 is 8.67. The average molecular weight is 560 g/mol. The molecule has 6 rings (SSSR count). The molecule has 40 heavy (non-hydrogen) atoms. The summed E-state index contributed by atoms with van der Waals surface area (Å²) in [5, 5.41) is 11.2. The molecular weight excluding hydrogens is 526 g/mol. The number of anilines is 3. The minimum absolute atomic E-state index is 0.465. The quantitative estimate of drug-likeness (QED) is 0.266. The van der Waals surface area contributed by atoms with Crippen molar-refractivity contribution in [1.82, 2.24) is 43.4 Å². The minimum atomic E-state index is 0.465. The van der Waals surface area contributed by atoms with E-state index in [0.717, 1.165) is 71.2 Å². The van der Waals surface area contributed by atoms with Crippen LogP contribution < -0.4 is 10.6 Å². The fraction of sp³-hybridized carbons (Fsp3) is 0.370. The number of nitrogens with one attached hydrogen (secondary N) is 2. The van der Waals surface area contributed by atoms with Crippen LogP contribution in [0.3, 0.4) is 0 Å². The van der Waals surface area contributed by atoms with E-state index in [9.17, 15) is 4.79 Å². The van der Waals surface area contributed by atoms with E-state index in [1.54, 1.807) is 0 Å². The highest BCUT2D eigenvalue weighted by molar-refractivity contribution is 7.10. The zero-order valence-corrected chi connectivity index (χ0v) is 23.7. The van der Waals surface area contributed by atoms with Crippen LogP contribution in [-0.4, -0.2) is 62.9 Å². The SMILES string of the molecule is CCn1cc(-c2cnc3c(Nc4cc(CN5CCCC(C)C5)ns4)nc(C)cn23)cn1.O=CNc1cnccn1. The first-order chi connectivity index (χ1) is 19.5. The molecule has 0 radical (unpaired) electrons. The summed E-state index contributed by atoms with van der Waals surface area (Å²) in [4.78, 5) is 29.2. The number of piperidine rings is 1. The van der Waals surface area contributed by atoms with Crippen molar-refractivity contribution in [2.24, 2.45) is 5.92 Å². The van der Waals surface area contributed by atoms with Crippen LogP contribution in [0.15, 0.2) is 49.4 Å². The number of hydrogen-bond acceptors (Lipinski definition) is 10. The van der Waals surface area contributed by atoms with E-state index in [1.165, 1.54) is 43.0 Å². The topological polar surface area (TPSA) is 131 Å². The molecule has 5 aromatic rings. The molecule has 0 aromatic carbocycles. The third-order valence-electron chi connectivity index (χ3n) is 6.56. The average Bonchev–Trinajstić information content (AvgIpc) is 3.70. The highest BCUT2D eigenvalue weighted by Crippen LogP contribution is 2.28. The van der Waals surface area contributed by atoms with Crippen molar-refractivity contribution in [2.45, 2.75) is 46.7 Å². The molecule has 0 aliphatic carbocycles. The highest BCUT2D eigenvalue weighted by Gasteiger charge is 2.18. The maximum Gasteiger partial charge on any atom is 0.212 e. The zero-order valence-electron chi connectivity index (χ0n) is 22.9. The summed E-state index contributed by atoms with van der Waals surface area (Å²) in [5.41, 5.74) is 4.88. The molecule has 1 amide bonds. The maximum absolute atomic E-state index is 9.80. The van der Waals surface area contributed by atoms with Crippen LogP contribution in [0.4, 0.5) is 16.6 Å². The van der Waals surface area contributed by atoms with Gasteiger partial charge in [-0.15, -0.1) is 0 Å². The molecule has 1 saturated heterocycles. The summed E-state index contributed by atoms with van der Waals surface area (Å²) in [5.74, 6) is 1.98. The summed E-state index contributed by atoms with van der Waals surface area (Å²) in [6.07, 6.45) is 15.5.